The molecule has 2 bridgehead atoms. The number of likely N-dealkylation sites (tertiary alicyclic amines) is 1. The summed E-state index contributed by atoms with van der Waals surface area (Å²) in [6.07, 6.45) is 6.28. The number of carbonyl (C=O) groups is 1. The van der Waals surface area contributed by atoms with Gasteiger partial charge in [0, 0.05) is 56.5 Å². The summed E-state index contributed by atoms with van der Waals surface area (Å²) in [4.78, 5) is 31.7. The predicted molar refractivity (Wildman–Crippen MR) is 92.6 cm³/mol. The number of imidazole rings is 1. The lowest BCUT2D eigenvalue weighted by Gasteiger charge is -2.42. The van der Waals surface area contributed by atoms with E-state index < -0.39 is 0 Å². The van der Waals surface area contributed by atoms with Gasteiger partial charge in [0.15, 0.2) is 0 Å². The second-order valence-electron chi connectivity index (χ2n) is 7.60. The summed E-state index contributed by atoms with van der Waals surface area (Å²) in [6.45, 7) is 3.09. The van der Waals surface area contributed by atoms with Gasteiger partial charge >= 0.3 is 0 Å². The first-order valence-corrected chi connectivity index (χ1v) is 9.24. The van der Waals surface area contributed by atoms with Crippen LogP contribution >= 0.6 is 0 Å². The third kappa shape index (κ3) is 2.42. The molecule has 3 aliphatic rings. The van der Waals surface area contributed by atoms with Crippen LogP contribution in [0.4, 0.5) is 0 Å². The summed E-state index contributed by atoms with van der Waals surface area (Å²) in [5, 5.41) is 0. The molecule has 1 saturated heterocycles. The fourth-order valence-electron chi connectivity index (χ4n) is 4.74. The molecule has 2 aromatic heterocycles. The maximum atomic E-state index is 13.0. The minimum absolute atomic E-state index is 0.0447. The van der Waals surface area contributed by atoms with Crippen LogP contribution in [0.15, 0.2) is 29.2 Å². The molecule has 0 aromatic carbocycles. The summed E-state index contributed by atoms with van der Waals surface area (Å²) in [5.74, 6) is 1.70. The number of nitrogens with zero attached hydrogens (tertiary/aromatic N) is 4. The number of aryl methyl sites for hydroxylation is 2. The van der Waals surface area contributed by atoms with Crippen LogP contribution in [0.2, 0.25) is 0 Å². The largest absolute Gasteiger partial charge is 0.336 e. The highest BCUT2D eigenvalue weighted by Gasteiger charge is 2.37. The Morgan fingerprint density at radius 1 is 1.16 bits per heavy atom. The fraction of sp³-hybridized carbons (Fsp3) is 0.526. The van der Waals surface area contributed by atoms with Gasteiger partial charge < -0.3 is 14.0 Å². The Balaban J connectivity index is 1.42. The molecule has 0 N–H and O–H groups in total. The number of hydrogen-bond donors (Lipinski definition) is 0. The Morgan fingerprint density at radius 3 is 2.96 bits per heavy atom. The lowest BCUT2D eigenvalue weighted by atomic mass is 9.83. The van der Waals surface area contributed by atoms with Crippen molar-refractivity contribution in [3.05, 3.63) is 52.0 Å². The van der Waals surface area contributed by atoms with Crippen LogP contribution in [0, 0.1) is 5.92 Å². The van der Waals surface area contributed by atoms with Crippen molar-refractivity contribution >= 4 is 5.91 Å². The fourth-order valence-corrected chi connectivity index (χ4v) is 4.74. The van der Waals surface area contributed by atoms with Gasteiger partial charge in [-0.25, -0.2) is 4.98 Å². The van der Waals surface area contributed by atoms with E-state index in [9.17, 15) is 9.59 Å². The van der Waals surface area contributed by atoms with Gasteiger partial charge in [0.1, 0.15) is 11.5 Å². The molecule has 0 spiro atoms. The molecule has 3 aliphatic heterocycles. The molecule has 0 aliphatic carbocycles. The van der Waals surface area contributed by atoms with Gasteiger partial charge in [-0.05, 0) is 31.2 Å². The number of hydrogen-bond acceptors (Lipinski definition) is 3. The normalized spacial score (nSPS) is 24.6. The highest BCUT2D eigenvalue weighted by atomic mass is 16.2. The molecule has 1 fully saturated rings. The molecule has 6 heteroatoms. The zero-order valence-corrected chi connectivity index (χ0v) is 14.2. The third-order valence-corrected chi connectivity index (χ3v) is 5.89. The summed E-state index contributed by atoms with van der Waals surface area (Å²) in [7, 11) is 0. The highest BCUT2D eigenvalue weighted by molar-refractivity contribution is 5.92. The SMILES string of the molecule is O=C(c1cn2c(n1)CCCC2)N1C[C@@H]2C[C@H](C1)c1cccc(=O)n1C2. The Labute approximate surface area is 146 Å². The predicted octanol–water partition coefficient (Wildman–Crippen LogP) is 1.64. The topological polar surface area (TPSA) is 60.1 Å². The lowest BCUT2D eigenvalue weighted by molar-refractivity contribution is 0.0589. The smallest absolute Gasteiger partial charge is 0.274 e. The Kier molecular flexibility index (Phi) is 3.33. The lowest BCUT2D eigenvalue weighted by Crippen LogP contribution is -2.49. The monoisotopic (exact) mass is 338 g/mol. The third-order valence-electron chi connectivity index (χ3n) is 5.89. The van der Waals surface area contributed by atoms with Crippen LogP contribution in [0.5, 0.6) is 0 Å². The van der Waals surface area contributed by atoms with Crippen LogP contribution in [0.25, 0.3) is 0 Å². The molecule has 5 rings (SSSR count). The van der Waals surface area contributed by atoms with Crippen LogP contribution in [0.3, 0.4) is 0 Å². The Morgan fingerprint density at radius 2 is 2.08 bits per heavy atom. The molecule has 5 heterocycles. The molecule has 0 radical (unpaired) electrons. The molecule has 6 nitrogen and oxygen atoms in total. The van der Waals surface area contributed by atoms with E-state index in [1.165, 1.54) is 0 Å². The van der Waals surface area contributed by atoms with Crippen LogP contribution in [-0.2, 0) is 19.5 Å². The highest BCUT2D eigenvalue weighted by Crippen LogP contribution is 2.35. The number of piperidine rings is 1. The average Bonchev–Trinajstić information content (AvgIpc) is 3.06. The second-order valence-corrected chi connectivity index (χ2v) is 7.60. The van der Waals surface area contributed by atoms with Gasteiger partial charge in [0.05, 0.1) is 0 Å². The minimum atomic E-state index is 0.0447. The van der Waals surface area contributed by atoms with Crippen molar-refractivity contribution in [1.82, 2.24) is 19.0 Å². The molecule has 0 unspecified atom stereocenters. The summed E-state index contributed by atoms with van der Waals surface area (Å²) >= 11 is 0. The van der Waals surface area contributed by atoms with Crippen molar-refractivity contribution in [2.75, 3.05) is 13.1 Å². The van der Waals surface area contributed by atoms with Crippen LogP contribution in [0.1, 0.15) is 47.2 Å². The van der Waals surface area contributed by atoms with Crippen molar-refractivity contribution in [2.24, 2.45) is 5.92 Å². The van der Waals surface area contributed by atoms with E-state index in [2.05, 4.69) is 9.55 Å². The zero-order chi connectivity index (χ0) is 17.0. The molecule has 0 saturated carbocycles. The van der Waals surface area contributed by atoms with Gasteiger partial charge in [-0.3, -0.25) is 9.59 Å². The standard InChI is InChI=1S/C19H22N4O2/c24-18-6-3-4-16-14-8-13(10-23(16)18)9-22(11-14)19(25)15-12-21-7-2-1-5-17(21)20-15/h3-4,6,12-14H,1-2,5,7-11H2/t13-,14+/m0/s1. The van der Waals surface area contributed by atoms with Gasteiger partial charge in [-0.2, -0.15) is 0 Å². The molecule has 2 aromatic rings. The van der Waals surface area contributed by atoms with E-state index in [4.69, 9.17) is 0 Å². The maximum absolute atomic E-state index is 13.0. The summed E-state index contributed by atoms with van der Waals surface area (Å²) in [6, 6.07) is 5.49. The van der Waals surface area contributed by atoms with Gasteiger partial charge in [-0.15, -0.1) is 0 Å². The van der Waals surface area contributed by atoms with E-state index >= 15 is 0 Å². The molecule has 130 valence electrons. The number of rotatable bonds is 1. The molecule has 2 atom stereocenters. The Hall–Kier alpha value is -2.37. The molecule has 1 amide bonds. The molecular formula is C19H22N4O2. The second kappa shape index (κ2) is 5.58. The zero-order valence-electron chi connectivity index (χ0n) is 14.2. The summed E-state index contributed by atoms with van der Waals surface area (Å²) in [5.41, 5.74) is 1.74. The van der Waals surface area contributed by atoms with E-state index in [0.29, 0.717) is 18.2 Å². The van der Waals surface area contributed by atoms with Crippen molar-refractivity contribution in [3.63, 3.8) is 0 Å². The van der Waals surface area contributed by atoms with E-state index in [-0.39, 0.29) is 17.4 Å². The first kappa shape index (κ1) is 14.9. The van der Waals surface area contributed by atoms with Crippen molar-refractivity contribution in [3.8, 4) is 0 Å². The number of aromatic nitrogens is 3. The number of fused-ring (bicyclic) bond motifs is 5. The molecular weight excluding hydrogens is 316 g/mol. The van der Waals surface area contributed by atoms with Crippen LogP contribution in [-0.4, -0.2) is 38.0 Å². The van der Waals surface area contributed by atoms with E-state index in [1.807, 2.05) is 27.8 Å². The van der Waals surface area contributed by atoms with E-state index in [1.54, 1.807) is 6.07 Å². The van der Waals surface area contributed by atoms with Crippen molar-refractivity contribution in [1.29, 1.82) is 0 Å². The first-order chi connectivity index (χ1) is 12.2. The Bertz CT molecular complexity index is 874. The number of amides is 1. The quantitative estimate of drug-likeness (QED) is 0.794. The van der Waals surface area contributed by atoms with Crippen molar-refractivity contribution < 1.29 is 4.79 Å². The maximum Gasteiger partial charge on any atom is 0.274 e. The van der Waals surface area contributed by atoms with Gasteiger partial charge in [-0.1, -0.05) is 6.07 Å². The van der Waals surface area contributed by atoms with Crippen molar-refractivity contribution in [2.45, 2.75) is 44.7 Å². The number of carbonyl (C=O) groups excluding carboxylic acids is 1. The van der Waals surface area contributed by atoms with Crippen LogP contribution < -0.4 is 5.56 Å². The van der Waals surface area contributed by atoms with Gasteiger partial charge in [0.2, 0.25) is 0 Å². The average molecular weight is 338 g/mol. The summed E-state index contributed by atoms with van der Waals surface area (Å²) < 4.78 is 4.03. The first-order valence-electron chi connectivity index (χ1n) is 9.24. The van der Waals surface area contributed by atoms with Gasteiger partial charge in [0.25, 0.3) is 11.5 Å². The number of pyridine rings is 1. The minimum Gasteiger partial charge on any atom is -0.336 e. The van der Waals surface area contributed by atoms with E-state index in [0.717, 1.165) is 56.8 Å². The molecule has 25 heavy (non-hydrogen) atoms.